The number of likely N-dealkylation sites (tertiary alicyclic amines) is 1. The first kappa shape index (κ1) is 18.5. The minimum atomic E-state index is 0.0807. The van der Waals surface area contributed by atoms with Crippen molar-refractivity contribution in [3.05, 3.63) is 29.8 Å². The van der Waals surface area contributed by atoms with Crippen molar-refractivity contribution in [1.82, 2.24) is 10.2 Å². The summed E-state index contributed by atoms with van der Waals surface area (Å²) in [4.78, 5) is 26.5. The van der Waals surface area contributed by atoms with E-state index in [-0.39, 0.29) is 11.7 Å². The Balaban J connectivity index is 1.74. The number of Topliss-reactive ketones (excluding diaryl/α,β-unsaturated/α-hetero) is 1. The summed E-state index contributed by atoms with van der Waals surface area (Å²) >= 11 is 0. The SMILES string of the molecule is CNCC1CCCN(C(=O)CCCC(=O)c2ccc(OC)cc2)C1. The average molecular weight is 332 g/mol. The second-order valence-corrected chi connectivity index (χ2v) is 6.41. The highest BCUT2D eigenvalue weighted by Crippen LogP contribution is 2.18. The van der Waals surface area contributed by atoms with Gasteiger partial charge in [-0.25, -0.2) is 0 Å². The zero-order chi connectivity index (χ0) is 17.4. The average Bonchev–Trinajstić information content (AvgIpc) is 2.62. The fraction of sp³-hybridized carbons (Fsp3) is 0.579. The van der Waals surface area contributed by atoms with Gasteiger partial charge in [-0.05, 0) is 63.0 Å². The maximum absolute atomic E-state index is 12.3. The molecule has 132 valence electrons. The third kappa shape index (κ3) is 5.34. The number of amides is 1. The molecule has 0 radical (unpaired) electrons. The molecule has 5 heteroatoms. The van der Waals surface area contributed by atoms with Crippen LogP contribution in [0.1, 0.15) is 42.5 Å². The molecule has 1 fully saturated rings. The van der Waals surface area contributed by atoms with Crippen LogP contribution in [-0.4, -0.2) is 50.4 Å². The van der Waals surface area contributed by atoms with E-state index in [1.807, 2.05) is 11.9 Å². The lowest BCUT2D eigenvalue weighted by atomic mass is 9.97. The number of methoxy groups -OCH3 is 1. The van der Waals surface area contributed by atoms with E-state index in [1.54, 1.807) is 31.4 Å². The summed E-state index contributed by atoms with van der Waals surface area (Å²) in [5, 5.41) is 3.19. The molecule has 0 bridgehead atoms. The van der Waals surface area contributed by atoms with Crippen LogP contribution in [0.2, 0.25) is 0 Å². The normalized spacial score (nSPS) is 17.6. The second kappa shape index (κ2) is 9.42. The molecule has 0 spiro atoms. The summed E-state index contributed by atoms with van der Waals surface area (Å²) in [5.41, 5.74) is 0.676. The minimum Gasteiger partial charge on any atom is -0.497 e. The van der Waals surface area contributed by atoms with Crippen LogP contribution in [0.25, 0.3) is 0 Å². The van der Waals surface area contributed by atoms with Crippen LogP contribution in [0.5, 0.6) is 5.75 Å². The van der Waals surface area contributed by atoms with Gasteiger partial charge < -0.3 is 15.0 Å². The van der Waals surface area contributed by atoms with E-state index in [0.29, 0.717) is 30.7 Å². The van der Waals surface area contributed by atoms with Crippen molar-refractivity contribution in [2.24, 2.45) is 5.92 Å². The third-order valence-electron chi connectivity index (χ3n) is 4.57. The lowest BCUT2D eigenvalue weighted by molar-refractivity contribution is -0.133. The molecule has 1 heterocycles. The molecular weight excluding hydrogens is 304 g/mol. The van der Waals surface area contributed by atoms with Crippen molar-refractivity contribution in [2.45, 2.75) is 32.1 Å². The fourth-order valence-electron chi connectivity index (χ4n) is 3.23. The highest BCUT2D eigenvalue weighted by atomic mass is 16.5. The topological polar surface area (TPSA) is 58.6 Å². The number of carbonyl (C=O) groups excluding carboxylic acids is 2. The molecule has 24 heavy (non-hydrogen) atoms. The summed E-state index contributed by atoms with van der Waals surface area (Å²) in [5.74, 6) is 1.55. The minimum absolute atomic E-state index is 0.0807. The first-order valence-corrected chi connectivity index (χ1v) is 8.73. The van der Waals surface area contributed by atoms with Gasteiger partial charge in [0.25, 0.3) is 0 Å². The second-order valence-electron chi connectivity index (χ2n) is 6.41. The van der Waals surface area contributed by atoms with Crippen LogP contribution in [-0.2, 0) is 4.79 Å². The molecule has 1 N–H and O–H groups in total. The van der Waals surface area contributed by atoms with Crippen LogP contribution in [0, 0.1) is 5.92 Å². The molecule has 0 saturated carbocycles. The van der Waals surface area contributed by atoms with Crippen molar-refractivity contribution >= 4 is 11.7 Å². The van der Waals surface area contributed by atoms with Crippen LogP contribution in [0.4, 0.5) is 0 Å². The van der Waals surface area contributed by atoms with E-state index < -0.39 is 0 Å². The van der Waals surface area contributed by atoms with Crippen LogP contribution < -0.4 is 10.1 Å². The number of nitrogens with one attached hydrogen (secondary N) is 1. The molecule has 1 atom stereocenters. The predicted octanol–water partition coefficient (Wildman–Crippen LogP) is 2.51. The zero-order valence-electron chi connectivity index (χ0n) is 14.7. The van der Waals surface area contributed by atoms with Gasteiger partial charge in [0.1, 0.15) is 5.75 Å². The summed E-state index contributed by atoms with van der Waals surface area (Å²) in [7, 11) is 3.55. The number of ketones is 1. The predicted molar refractivity (Wildman–Crippen MR) is 94.4 cm³/mol. The van der Waals surface area contributed by atoms with Crippen LogP contribution in [0.15, 0.2) is 24.3 Å². The molecule has 1 aromatic rings. The van der Waals surface area contributed by atoms with E-state index >= 15 is 0 Å². The largest absolute Gasteiger partial charge is 0.497 e. The quantitative estimate of drug-likeness (QED) is 0.743. The Bertz CT molecular complexity index is 540. The van der Waals surface area contributed by atoms with E-state index in [9.17, 15) is 9.59 Å². The molecular formula is C19H28N2O3. The Hall–Kier alpha value is -1.88. The molecule has 1 unspecified atom stereocenters. The van der Waals surface area contributed by atoms with Gasteiger partial charge in [0.05, 0.1) is 7.11 Å². The monoisotopic (exact) mass is 332 g/mol. The Labute approximate surface area is 144 Å². The molecule has 0 aliphatic carbocycles. The van der Waals surface area contributed by atoms with E-state index in [2.05, 4.69) is 5.32 Å². The number of ether oxygens (including phenoxy) is 1. The molecule has 1 aliphatic rings. The molecule has 1 saturated heterocycles. The van der Waals surface area contributed by atoms with E-state index in [1.165, 1.54) is 6.42 Å². The van der Waals surface area contributed by atoms with Crippen molar-refractivity contribution in [2.75, 3.05) is 33.8 Å². The molecule has 1 amide bonds. The summed E-state index contributed by atoms with van der Waals surface area (Å²) < 4.78 is 5.09. The lowest BCUT2D eigenvalue weighted by Gasteiger charge is -2.32. The van der Waals surface area contributed by atoms with E-state index in [0.717, 1.165) is 31.8 Å². The smallest absolute Gasteiger partial charge is 0.222 e. The van der Waals surface area contributed by atoms with Gasteiger partial charge in [-0.2, -0.15) is 0 Å². The molecule has 0 aromatic heterocycles. The van der Waals surface area contributed by atoms with Crippen LogP contribution >= 0.6 is 0 Å². The summed E-state index contributed by atoms with van der Waals surface area (Å²) in [6.07, 6.45) is 3.72. The highest BCUT2D eigenvalue weighted by Gasteiger charge is 2.22. The number of hydrogen-bond donors (Lipinski definition) is 1. The van der Waals surface area contributed by atoms with E-state index in [4.69, 9.17) is 4.74 Å². The number of nitrogens with zero attached hydrogens (tertiary/aromatic N) is 1. The van der Waals surface area contributed by atoms with Gasteiger partial charge in [0.2, 0.25) is 5.91 Å². The van der Waals surface area contributed by atoms with Crippen molar-refractivity contribution < 1.29 is 14.3 Å². The number of rotatable bonds is 8. The first-order chi connectivity index (χ1) is 11.6. The molecule has 1 aliphatic heterocycles. The summed E-state index contributed by atoms with van der Waals surface area (Å²) in [6.45, 7) is 2.65. The van der Waals surface area contributed by atoms with Gasteiger partial charge >= 0.3 is 0 Å². The maximum Gasteiger partial charge on any atom is 0.222 e. The number of benzene rings is 1. The Morgan fingerprint density at radius 1 is 1.25 bits per heavy atom. The lowest BCUT2D eigenvalue weighted by Crippen LogP contribution is -2.42. The van der Waals surface area contributed by atoms with Crippen molar-refractivity contribution in [3.8, 4) is 5.75 Å². The Morgan fingerprint density at radius 2 is 2.00 bits per heavy atom. The number of carbonyl (C=O) groups is 2. The van der Waals surface area contributed by atoms with Crippen LogP contribution in [0.3, 0.4) is 0 Å². The highest BCUT2D eigenvalue weighted by molar-refractivity contribution is 5.96. The molecule has 5 nitrogen and oxygen atoms in total. The van der Waals surface area contributed by atoms with Crippen molar-refractivity contribution in [1.29, 1.82) is 0 Å². The Morgan fingerprint density at radius 3 is 2.67 bits per heavy atom. The van der Waals surface area contributed by atoms with Gasteiger partial charge in [-0.3, -0.25) is 9.59 Å². The Kier molecular flexibility index (Phi) is 7.25. The zero-order valence-corrected chi connectivity index (χ0v) is 14.7. The van der Waals surface area contributed by atoms with Gasteiger partial charge in [-0.15, -0.1) is 0 Å². The van der Waals surface area contributed by atoms with Gasteiger partial charge in [-0.1, -0.05) is 0 Å². The number of hydrogen-bond acceptors (Lipinski definition) is 4. The van der Waals surface area contributed by atoms with Crippen molar-refractivity contribution in [3.63, 3.8) is 0 Å². The third-order valence-corrected chi connectivity index (χ3v) is 4.57. The van der Waals surface area contributed by atoms with Gasteiger partial charge in [0.15, 0.2) is 5.78 Å². The summed E-state index contributed by atoms with van der Waals surface area (Å²) in [6, 6.07) is 7.12. The fourth-order valence-corrected chi connectivity index (χ4v) is 3.23. The molecule has 2 rings (SSSR count). The first-order valence-electron chi connectivity index (χ1n) is 8.73. The standard InChI is InChI=1S/C19H28N2O3/c1-20-13-15-5-4-12-21(14-15)19(23)7-3-6-18(22)16-8-10-17(24-2)11-9-16/h8-11,15,20H,3-7,12-14H2,1-2H3. The number of piperidine rings is 1. The van der Waals surface area contributed by atoms with Gasteiger partial charge in [0, 0.05) is 31.5 Å². The maximum atomic E-state index is 12.3. The molecule has 1 aromatic carbocycles.